The SMILES string of the molecule is CC1(C)CCCC1(C)CC#N. The van der Waals surface area contributed by atoms with Gasteiger partial charge in [-0.05, 0) is 23.7 Å². The zero-order valence-electron chi connectivity index (χ0n) is 7.78. The van der Waals surface area contributed by atoms with Crippen LogP contribution >= 0.6 is 0 Å². The highest BCUT2D eigenvalue weighted by atomic mass is 14.5. The van der Waals surface area contributed by atoms with E-state index in [0.29, 0.717) is 5.41 Å². The summed E-state index contributed by atoms with van der Waals surface area (Å²) in [6.45, 7) is 6.83. The van der Waals surface area contributed by atoms with Crippen molar-refractivity contribution in [3.8, 4) is 6.07 Å². The lowest BCUT2D eigenvalue weighted by Crippen LogP contribution is -2.28. The Morgan fingerprint density at radius 3 is 2.27 bits per heavy atom. The molecule has 0 radical (unpaired) electrons. The van der Waals surface area contributed by atoms with E-state index in [-0.39, 0.29) is 5.41 Å². The Morgan fingerprint density at radius 1 is 1.27 bits per heavy atom. The van der Waals surface area contributed by atoms with Gasteiger partial charge in [-0.3, -0.25) is 0 Å². The van der Waals surface area contributed by atoms with E-state index in [1.807, 2.05) is 0 Å². The predicted octanol–water partition coefficient (Wildman–Crippen LogP) is 3.12. The van der Waals surface area contributed by atoms with E-state index >= 15 is 0 Å². The minimum Gasteiger partial charge on any atom is -0.198 e. The van der Waals surface area contributed by atoms with Crippen LogP contribution in [0.2, 0.25) is 0 Å². The standard InChI is InChI=1S/C10H17N/c1-9(2)5-4-6-10(9,3)7-8-11/h4-7H2,1-3H3. The van der Waals surface area contributed by atoms with Crippen molar-refractivity contribution in [1.82, 2.24) is 0 Å². The molecular weight excluding hydrogens is 134 g/mol. The second-order valence-electron chi connectivity index (χ2n) is 4.63. The summed E-state index contributed by atoms with van der Waals surface area (Å²) in [6.07, 6.45) is 4.53. The quantitative estimate of drug-likeness (QED) is 0.565. The van der Waals surface area contributed by atoms with Crippen molar-refractivity contribution in [1.29, 1.82) is 5.26 Å². The molecule has 0 N–H and O–H groups in total. The maximum atomic E-state index is 8.67. The maximum absolute atomic E-state index is 8.67. The van der Waals surface area contributed by atoms with Crippen LogP contribution in [0.25, 0.3) is 0 Å². The van der Waals surface area contributed by atoms with Crippen molar-refractivity contribution >= 4 is 0 Å². The molecule has 0 saturated heterocycles. The van der Waals surface area contributed by atoms with Crippen molar-refractivity contribution in [2.24, 2.45) is 10.8 Å². The molecule has 0 aromatic heterocycles. The fraction of sp³-hybridized carbons (Fsp3) is 0.900. The van der Waals surface area contributed by atoms with Crippen molar-refractivity contribution in [3.63, 3.8) is 0 Å². The molecule has 1 fully saturated rings. The van der Waals surface area contributed by atoms with Crippen LogP contribution in [0.3, 0.4) is 0 Å². The van der Waals surface area contributed by atoms with Gasteiger partial charge in [0, 0.05) is 6.42 Å². The molecule has 0 aliphatic heterocycles. The van der Waals surface area contributed by atoms with Gasteiger partial charge in [0.2, 0.25) is 0 Å². The summed E-state index contributed by atoms with van der Waals surface area (Å²) in [5, 5.41) is 8.67. The first kappa shape index (κ1) is 8.59. The Kier molecular flexibility index (Phi) is 1.96. The molecule has 0 amide bonds. The molecule has 0 spiro atoms. The summed E-state index contributed by atoms with van der Waals surface area (Å²) < 4.78 is 0. The van der Waals surface area contributed by atoms with E-state index < -0.39 is 0 Å². The van der Waals surface area contributed by atoms with E-state index in [9.17, 15) is 0 Å². The first-order valence-electron chi connectivity index (χ1n) is 4.39. The van der Waals surface area contributed by atoms with Crippen LogP contribution in [0, 0.1) is 22.2 Å². The van der Waals surface area contributed by atoms with Gasteiger partial charge in [-0.15, -0.1) is 0 Å². The molecule has 1 aliphatic rings. The summed E-state index contributed by atoms with van der Waals surface area (Å²) >= 11 is 0. The lowest BCUT2D eigenvalue weighted by Gasteiger charge is -2.36. The monoisotopic (exact) mass is 151 g/mol. The summed E-state index contributed by atoms with van der Waals surface area (Å²) in [7, 11) is 0. The molecule has 0 heterocycles. The van der Waals surface area contributed by atoms with Crippen molar-refractivity contribution < 1.29 is 0 Å². The van der Waals surface area contributed by atoms with Crippen LogP contribution < -0.4 is 0 Å². The van der Waals surface area contributed by atoms with Gasteiger partial charge >= 0.3 is 0 Å². The van der Waals surface area contributed by atoms with Crippen molar-refractivity contribution in [2.75, 3.05) is 0 Å². The Balaban J connectivity index is 2.77. The zero-order valence-corrected chi connectivity index (χ0v) is 7.78. The van der Waals surface area contributed by atoms with Gasteiger partial charge in [0.1, 0.15) is 0 Å². The summed E-state index contributed by atoms with van der Waals surface area (Å²) in [4.78, 5) is 0. The molecule has 0 aromatic rings. The highest BCUT2D eigenvalue weighted by Gasteiger charge is 2.44. The maximum Gasteiger partial charge on any atom is 0.0627 e. The highest BCUT2D eigenvalue weighted by Crippen LogP contribution is 2.54. The number of nitriles is 1. The van der Waals surface area contributed by atoms with Crippen LogP contribution in [0.1, 0.15) is 46.5 Å². The number of rotatable bonds is 1. The van der Waals surface area contributed by atoms with Gasteiger partial charge in [0.15, 0.2) is 0 Å². The van der Waals surface area contributed by atoms with Gasteiger partial charge in [-0.2, -0.15) is 5.26 Å². The third kappa shape index (κ3) is 1.27. The smallest absolute Gasteiger partial charge is 0.0627 e. The minimum absolute atomic E-state index is 0.280. The molecular formula is C10H17N. The van der Waals surface area contributed by atoms with E-state index in [0.717, 1.165) is 6.42 Å². The molecule has 62 valence electrons. The first-order valence-corrected chi connectivity index (χ1v) is 4.39. The molecule has 1 atom stereocenters. The Bertz CT molecular complexity index is 188. The zero-order chi connectivity index (χ0) is 8.54. The van der Waals surface area contributed by atoms with Gasteiger partial charge in [0.05, 0.1) is 6.07 Å². The topological polar surface area (TPSA) is 23.8 Å². The number of hydrogen-bond acceptors (Lipinski definition) is 1. The molecule has 1 aliphatic carbocycles. The summed E-state index contributed by atoms with van der Waals surface area (Å²) in [6, 6.07) is 2.31. The van der Waals surface area contributed by atoms with E-state index in [2.05, 4.69) is 26.8 Å². The van der Waals surface area contributed by atoms with Crippen LogP contribution in [0.4, 0.5) is 0 Å². The normalized spacial score (nSPS) is 35.1. The van der Waals surface area contributed by atoms with Gasteiger partial charge < -0.3 is 0 Å². The van der Waals surface area contributed by atoms with Crippen LogP contribution in [-0.4, -0.2) is 0 Å². The molecule has 1 rings (SSSR count). The average molecular weight is 151 g/mol. The van der Waals surface area contributed by atoms with Crippen molar-refractivity contribution in [3.05, 3.63) is 0 Å². The van der Waals surface area contributed by atoms with Crippen LogP contribution in [0.15, 0.2) is 0 Å². The van der Waals surface area contributed by atoms with Crippen LogP contribution in [0.5, 0.6) is 0 Å². The second kappa shape index (κ2) is 2.52. The molecule has 0 aromatic carbocycles. The number of nitrogens with zero attached hydrogens (tertiary/aromatic N) is 1. The molecule has 0 bridgehead atoms. The van der Waals surface area contributed by atoms with Gasteiger partial charge in [0.25, 0.3) is 0 Å². The first-order chi connectivity index (χ1) is 5.02. The highest BCUT2D eigenvalue weighted by molar-refractivity contribution is 4.99. The lowest BCUT2D eigenvalue weighted by atomic mass is 9.68. The minimum atomic E-state index is 0.280. The summed E-state index contributed by atoms with van der Waals surface area (Å²) in [5.41, 5.74) is 0.657. The summed E-state index contributed by atoms with van der Waals surface area (Å²) in [5.74, 6) is 0. The Hall–Kier alpha value is -0.510. The Morgan fingerprint density at radius 2 is 1.91 bits per heavy atom. The molecule has 1 unspecified atom stereocenters. The van der Waals surface area contributed by atoms with Crippen LogP contribution in [-0.2, 0) is 0 Å². The molecule has 1 nitrogen and oxygen atoms in total. The third-order valence-corrected chi connectivity index (χ3v) is 3.63. The van der Waals surface area contributed by atoms with E-state index in [1.54, 1.807) is 0 Å². The largest absolute Gasteiger partial charge is 0.198 e. The number of hydrogen-bond donors (Lipinski definition) is 0. The van der Waals surface area contributed by atoms with E-state index in [4.69, 9.17) is 5.26 Å². The van der Waals surface area contributed by atoms with E-state index in [1.165, 1.54) is 19.3 Å². The van der Waals surface area contributed by atoms with Crippen molar-refractivity contribution in [2.45, 2.75) is 46.5 Å². The second-order valence-corrected chi connectivity index (χ2v) is 4.63. The molecule has 1 saturated carbocycles. The third-order valence-electron chi connectivity index (χ3n) is 3.63. The fourth-order valence-corrected chi connectivity index (χ4v) is 2.06. The lowest BCUT2D eigenvalue weighted by molar-refractivity contribution is 0.138. The predicted molar refractivity (Wildman–Crippen MR) is 46.0 cm³/mol. The average Bonchev–Trinajstić information content (AvgIpc) is 2.09. The molecule has 11 heavy (non-hydrogen) atoms. The Labute approximate surface area is 69.4 Å². The fourth-order valence-electron chi connectivity index (χ4n) is 2.06. The molecule has 1 heteroatoms. The van der Waals surface area contributed by atoms with Gasteiger partial charge in [-0.25, -0.2) is 0 Å². The van der Waals surface area contributed by atoms with Gasteiger partial charge in [-0.1, -0.05) is 27.2 Å².